The summed E-state index contributed by atoms with van der Waals surface area (Å²) in [5.41, 5.74) is 0.720. The van der Waals surface area contributed by atoms with E-state index < -0.39 is 0 Å². The summed E-state index contributed by atoms with van der Waals surface area (Å²) in [7, 11) is 0. The number of benzene rings is 1. The zero-order valence-electron chi connectivity index (χ0n) is 10.2. The number of aromatic nitrogens is 3. The smallest absolute Gasteiger partial charge is 0.253 e. The Morgan fingerprint density at radius 3 is 2.58 bits per heavy atom. The zero-order chi connectivity index (χ0) is 13.2. The van der Waals surface area contributed by atoms with Crippen LogP contribution in [-0.4, -0.2) is 38.9 Å². The first-order valence-corrected chi connectivity index (χ1v) is 6.94. The molecule has 1 aromatic carbocycles. The van der Waals surface area contributed by atoms with Gasteiger partial charge in [-0.3, -0.25) is 4.79 Å². The van der Waals surface area contributed by atoms with Crippen LogP contribution in [0.5, 0.6) is 0 Å². The van der Waals surface area contributed by atoms with Gasteiger partial charge >= 0.3 is 0 Å². The molecular weight excluding hydrogens is 308 g/mol. The largest absolute Gasteiger partial charge is 0.336 e. The summed E-state index contributed by atoms with van der Waals surface area (Å²) in [5.74, 6) is 0.0714. The average molecular weight is 321 g/mol. The van der Waals surface area contributed by atoms with Crippen LogP contribution < -0.4 is 0 Å². The lowest BCUT2D eigenvalue weighted by molar-refractivity contribution is 0.0786. The highest BCUT2D eigenvalue weighted by Crippen LogP contribution is 2.22. The number of carbonyl (C=O) groups is 1. The molecule has 1 atom stereocenters. The van der Waals surface area contributed by atoms with E-state index in [4.69, 9.17) is 0 Å². The van der Waals surface area contributed by atoms with Crippen molar-refractivity contribution in [1.82, 2.24) is 19.9 Å². The van der Waals surface area contributed by atoms with E-state index in [0.717, 1.165) is 23.0 Å². The van der Waals surface area contributed by atoms with E-state index in [0.29, 0.717) is 6.54 Å². The Kier molecular flexibility index (Phi) is 3.33. The second-order valence-electron chi connectivity index (χ2n) is 4.55. The third kappa shape index (κ3) is 2.53. The number of carbonyl (C=O) groups excluding carboxylic acids is 1. The van der Waals surface area contributed by atoms with Crippen molar-refractivity contribution >= 4 is 21.8 Å². The second-order valence-corrected chi connectivity index (χ2v) is 5.47. The maximum atomic E-state index is 12.3. The van der Waals surface area contributed by atoms with Gasteiger partial charge in [-0.2, -0.15) is 15.0 Å². The molecule has 0 bridgehead atoms. The minimum atomic E-state index is 0.0714. The lowest BCUT2D eigenvalue weighted by atomic mass is 10.2. The molecule has 5 nitrogen and oxygen atoms in total. The fraction of sp³-hybridized carbons (Fsp3) is 0.308. The van der Waals surface area contributed by atoms with Crippen LogP contribution in [0.2, 0.25) is 0 Å². The number of likely N-dealkylation sites (tertiary alicyclic amines) is 1. The normalized spacial score (nSPS) is 18.8. The highest BCUT2D eigenvalue weighted by Gasteiger charge is 2.28. The topological polar surface area (TPSA) is 51.0 Å². The van der Waals surface area contributed by atoms with E-state index in [1.165, 1.54) is 0 Å². The number of nitrogens with zero attached hydrogens (tertiary/aromatic N) is 4. The van der Waals surface area contributed by atoms with E-state index in [9.17, 15) is 4.79 Å². The molecule has 1 unspecified atom stereocenters. The van der Waals surface area contributed by atoms with Crippen molar-refractivity contribution in [2.24, 2.45) is 0 Å². The van der Waals surface area contributed by atoms with E-state index in [1.807, 2.05) is 29.2 Å². The molecule has 2 heterocycles. The standard InChI is InChI=1S/C13H13BrN4O/c14-11-3-1-10(2-4-11)13(19)17-8-5-12(9-17)18-15-6-7-16-18/h1-4,6-7,12H,5,8-9H2. The van der Waals surface area contributed by atoms with Gasteiger partial charge in [0.25, 0.3) is 5.91 Å². The molecule has 1 aliphatic rings. The lowest BCUT2D eigenvalue weighted by Crippen LogP contribution is -2.29. The molecule has 0 radical (unpaired) electrons. The van der Waals surface area contributed by atoms with Crippen molar-refractivity contribution in [3.05, 3.63) is 46.7 Å². The molecule has 0 saturated carbocycles. The molecule has 3 rings (SSSR count). The maximum absolute atomic E-state index is 12.3. The SMILES string of the molecule is O=C(c1ccc(Br)cc1)N1CCC(n2nccn2)C1. The van der Waals surface area contributed by atoms with Gasteiger partial charge < -0.3 is 4.90 Å². The van der Waals surface area contributed by atoms with Gasteiger partial charge in [0.05, 0.1) is 18.4 Å². The van der Waals surface area contributed by atoms with E-state index in [1.54, 1.807) is 17.2 Å². The Hall–Kier alpha value is -1.69. The van der Waals surface area contributed by atoms with Gasteiger partial charge in [-0.05, 0) is 30.7 Å². The van der Waals surface area contributed by atoms with Gasteiger partial charge in [-0.1, -0.05) is 15.9 Å². The van der Waals surface area contributed by atoms with Gasteiger partial charge in [0.1, 0.15) is 0 Å². The van der Waals surface area contributed by atoms with E-state index >= 15 is 0 Å². The molecule has 0 spiro atoms. The first kappa shape index (κ1) is 12.3. The molecule has 1 fully saturated rings. The molecule has 1 aromatic heterocycles. The lowest BCUT2D eigenvalue weighted by Gasteiger charge is -2.16. The Balaban J connectivity index is 1.71. The summed E-state index contributed by atoms with van der Waals surface area (Å²) in [6, 6.07) is 7.64. The van der Waals surface area contributed by atoms with Crippen LogP contribution in [0.1, 0.15) is 22.8 Å². The molecule has 0 N–H and O–H groups in total. The summed E-state index contributed by atoms with van der Waals surface area (Å²) in [5, 5.41) is 8.28. The monoisotopic (exact) mass is 320 g/mol. The summed E-state index contributed by atoms with van der Waals surface area (Å²) in [6.45, 7) is 1.42. The highest BCUT2D eigenvalue weighted by atomic mass is 79.9. The van der Waals surface area contributed by atoms with E-state index in [-0.39, 0.29) is 11.9 Å². The summed E-state index contributed by atoms with van der Waals surface area (Å²) in [6.07, 6.45) is 4.23. The Morgan fingerprint density at radius 2 is 1.89 bits per heavy atom. The fourth-order valence-electron chi connectivity index (χ4n) is 2.30. The van der Waals surface area contributed by atoms with Crippen molar-refractivity contribution in [3.63, 3.8) is 0 Å². The predicted octanol–water partition coefficient (Wildman–Crippen LogP) is 2.13. The molecule has 1 saturated heterocycles. The van der Waals surface area contributed by atoms with Crippen molar-refractivity contribution in [3.8, 4) is 0 Å². The summed E-state index contributed by atoms with van der Waals surface area (Å²) >= 11 is 3.37. The molecular formula is C13H13BrN4O. The number of halogens is 1. The molecule has 0 aliphatic carbocycles. The maximum Gasteiger partial charge on any atom is 0.253 e. The number of hydrogen-bond acceptors (Lipinski definition) is 3. The van der Waals surface area contributed by atoms with E-state index in [2.05, 4.69) is 26.1 Å². The molecule has 2 aromatic rings. The van der Waals surface area contributed by atoms with Crippen molar-refractivity contribution in [1.29, 1.82) is 0 Å². The van der Waals surface area contributed by atoms with Crippen molar-refractivity contribution in [2.75, 3.05) is 13.1 Å². The van der Waals surface area contributed by atoms with Crippen LogP contribution in [0, 0.1) is 0 Å². The summed E-state index contributed by atoms with van der Waals surface area (Å²) in [4.78, 5) is 15.9. The van der Waals surface area contributed by atoms with Crippen LogP contribution >= 0.6 is 15.9 Å². The molecule has 98 valence electrons. The van der Waals surface area contributed by atoms with Crippen LogP contribution in [0.4, 0.5) is 0 Å². The van der Waals surface area contributed by atoms with Crippen LogP contribution in [-0.2, 0) is 0 Å². The Morgan fingerprint density at radius 1 is 1.21 bits per heavy atom. The van der Waals surface area contributed by atoms with Gasteiger partial charge in [0, 0.05) is 23.1 Å². The second kappa shape index (κ2) is 5.13. The summed E-state index contributed by atoms with van der Waals surface area (Å²) < 4.78 is 0.976. The van der Waals surface area contributed by atoms with Crippen molar-refractivity contribution in [2.45, 2.75) is 12.5 Å². The average Bonchev–Trinajstić information content (AvgIpc) is 3.10. The third-order valence-electron chi connectivity index (χ3n) is 3.30. The number of rotatable bonds is 2. The molecule has 19 heavy (non-hydrogen) atoms. The fourth-order valence-corrected chi connectivity index (χ4v) is 2.57. The van der Waals surface area contributed by atoms with Gasteiger partial charge in [0.2, 0.25) is 0 Å². The molecule has 1 amide bonds. The molecule has 1 aliphatic heterocycles. The van der Waals surface area contributed by atoms with Crippen LogP contribution in [0.3, 0.4) is 0 Å². The Bertz CT molecular complexity index is 567. The highest BCUT2D eigenvalue weighted by molar-refractivity contribution is 9.10. The first-order valence-electron chi connectivity index (χ1n) is 6.14. The van der Waals surface area contributed by atoms with Gasteiger partial charge in [-0.25, -0.2) is 0 Å². The first-order chi connectivity index (χ1) is 9.24. The molecule has 6 heteroatoms. The number of hydrogen-bond donors (Lipinski definition) is 0. The third-order valence-corrected chi connectivity index (χ3v) is 3.83. The predicted molar refractivity (Wildman–Crippen MR) is 73.7 cm³/mol. The minimum absolute atomic E-state index is 0.0714. The van der Waals surface area contributed by atoms with Crippen molar-refractivity contribution < 1.29 is 4.79 Å². The van der Waals surface area contributed by atoms with Gasteiger partial charge in [0.15, 0.2) is 0 Å². The van der Waals surface area contributed by atoms with Crippen LogP contribution in [0.25, 0.3) is 0 Å². The van der Waals surface area contributed by atoms with Gasteiger partial charge in [-0.15, -0.1) is 0 Å². The van der Waals surface area contributed by atoms with Crippen LogP contribution in [0.15, 0.2) is 41.1 Å². The number of amides is 1. The minimum Gasteiger partial charge on any atom is -0.336 e. The quantitative estimate of drug-likeness (QED) is 0.851. The zero-order valence-corrected chi connectivity index (χ0v) is 11.8. The Labute approximate surface area is 119 Å².